The number of hydrogen-bond donors (Lipinski definition) is 2. The van der Waals surface area contributed by atoms with Gasteiger partial charge in [-0.3, -0.25) is 9.59 Å². The van der Waals surface area contributed by atoms with Crippen LogP contribution in [0.3, 0.4) is 0 Å². The van der Waals surface area contributed by atoms with Crippen molar-refractivity contribution in [3.8, 4) is 0 Å². The third kappa shape index (κ3) is 2.62. The van der Waals surface area contributed by atoms with E-state index in [1.54, 1.807) is 12.3 Å². The van der Waals surface area contributed by atoms with Crippen LogP contribution in [-0.2, 0) is 10.2 Å². The summed E-state index contributed by atoms with van der Waals surface area (Å²) in [5, 5.41) is 5.86. The van der Waals surface area contributed by atoms with Gasteiger partial charge in [0.2, 0.25) is 5.91 Å². The van der Waals surface area contributed by atoms with Gasteiger partial charge in [0, 0.05) is 31.5 Å². The lowest BCUT2D eigenvalue weighted by Gasteiger charge is -2.23. The first-order valence-electron chi connectivity index (χ1n) is 9.04. The van der Waals surface area contributed by atoms with Crippen molar-refractivity contribution in [2.24, 2.45) is 0 Å². The molecule has 2 N–H and O–H groups in total. The molecule has 1 atom stereocenters. The second-order valence-corrected chi connectivity index (χ2v) is 6.91. The van der Waals surface area contributed by atoms with E-state index in [4.69, 9.17) is 0 Å². The molecule has 0 aliphatic carbocycles. The van der Waals surface area contributed by atoms with Crippen molar-refractivity contribution in [2.45, 2.75) is 25.2 Å². The molecule has 6 nitrogen and oxygen atoms in total. The molecule has 2 aromatic rings. The molecule has 2 amide bonds. The van der Waals surface area contributed by atoms with E-state index in [0.717, 1.165) is 36.5 Å². The van der Waals surface area contributed by atoms with Crippen LogP contribution in [0.2, 0.25) is 0 Å². The van der Waals surface area contributed by atoms with E-state index in [1.165, 1.54) is 0 Å². The van der Waals surface area contributed by atoms with Crippen molar-refractivity contribution in [2.75, 3.05) is 29.9 Å². The highest BCUT2D eigenvalue weighted by Crippen LogP contribution is 2.44. The van der Waals surface area contributed by atoms with E-state index in [1.807, 2.05) is 37.3 Å². The Hall–Kier alpha value is -2.89. The maximum atomic E-state index is 12.7. The van der Waals surface area contributed by atoms with E-state index in [9.17, 15) is 9.59 Å². The molecule has 134 valence electrons. The van der Waals surface area contributed by atoms with Crippen molar-refractivity contribution >= 4 is 23.3 Å². The number of carbonyl (C=O) groups is 2. The van der Waals surface area contributed by atoms with Gasteiger partial charge in [-0.25, -0.2) is 4.98 Å². The largest absolute Gasteiger partial charge is 0.355 e. The summed E-state index contributed by atoms with van der Waals surface area (Å²) in [7, 11) is 0. The summed E-state index contributed by atoms with van der Waals surface area (Å²) in [5.41, 5.74) is 2.04. The molecule has 1 fully saturated rings. The van der Waals surface area contributed by atoms with Crippen molar-refractivity contribution < 1.29 is 9.59 Å². The van der Waals surface area contributed by atoms with Crippen molar-refractivity contribution in [3.05, 3.63) is 53.7 Å². The van der Waals surface area contributed by atoms with E-state index >= 15 is 0 Å². The van der Waals surface area contributed by atoms with Crippen molar-refractivity contribution in [1.29, 1.82) is 0 Å². The SMILES string of the molecule is CCCNC(=O)c1ccc(N2CCC3(C2)C(=O)Nc2ccccc23)nc1. The van der Waals surface area contributed by atoms with Crippen LogP contribution < -0.4 is 15.5 Å². The summed E-state index contributed by atoms with van der Waals surface area (Å²) in [6.45, 7) is 4.03. The summed E-state index contributed by atoms with van der Waals surface area (Å²) in [4.78, 5) is 31.2. The maximum absolute atomic E-state index is 12.7. The molecule has 1 saturated heterocycles. The molecule has 1 aromatic carbocycles. The highest BCUT2D eigenvalue weighted by molar-refractivity contribution is 6.07. The van der Waals surface area contributed by atoms with Crippen LogP contribution in [0.5, 0.6) is 0 Å². The number of pyridine rings is 1. The first-order valence-corrected chi connectivity index (χ1v) is 9.04. The summed E-state index contributed by atoms with van der Waals surface area (Å²) in [6, 6.07) is 11.6. The molecule has 1 spiro atoms. The first-order chi connectivity index (χ1) is 12.6. The minimum atomic E-state index is -0.505. The zero-order chi connectivity index (χ0) is 18.1. The zero-order valence-electron chi connectivity index (χ0n) is 14.8. The highest BCUT2D eigenvalue weighted by Gasteiger charge is 2.51. The molecule has 0 saturated carbocycles. The fourth-order valence-electron chi connectivity index (χ4n) is 3.83. The summed E-state index contributed by atoms with van der Waals surface area (Å²) >= 11 is 0. The molecule has 26 heavy (non-hydrogen) atoms. The Morgan fingerprint density at radius 1 is 1.31 bits per heavy atom. The number of amides is 2. The number of nitrogens with one attached hydrogen (secondary N) is 2. The number of fused-ring (bicyclic) bond motifs is 2. The number of rotatable bonds is 4. The van der Waals surface area contributed by atoms with Crippen LogP contribution in [0.25, 0.3) is 0 Å². The van der Waals surface area contributed by atoms with Gasteiger partial charge in [-0.15, -0.1) is 0 Å². The normalized spacial score (nSPS) is 21.0. The second kappa shape index (κ2) is 6.44. The van der Waals surface area contributed by atoms with Crippen LogP contribution >= 0.6 is 0 Å². The second-order valence-electron chi connectivity index (χ2n) is 6.91. The fraction of sp³-hybridized carbons (Fsp3) is 0.350. The average Bonchev–Trinajstić information content (AvgIpc) is 3.23. The van der Waals surface area contributed by atoms with Crippen LogP contribution in [0.4, 0.5) is 11.5 Å². The monoisotopic (exact) mass is 350 g/mol. The lowest BCUT2D eigenvalue weighted by atomic mass is 9.81. The number of hydrogen-bond acceptors (Lipinski definition) is 4. The molecule has 3 heterocycles. The van der Waals surface area contributed by atoms with Gasteiger partial charge in [0.25, 0.3) is 5.91 Å². The average molecular weight is 350 g/mol. The molecule has 6 heteroatoms. The van der Waals surface area contributed by atoms with Crippen molar-refractivity contribution in [3.63, 3.8) is 0 Å². The minimum absolute atomic E-state index is 0.0664. The first kappa shape index (κ1) is 16.6. The van der Waals surface area contributed by atoms with Crippen LogP contribution in [0, 0.1) is 0 Å². The van der Waals surface area contributed by atoms with E-state index in [0.29, 0.717) is 18.7 Å². The Morgan fingerprint density at radius 3 is 2.92 bits per heavy atom. The van der Waals surface area contributed by atoms with Crippen molar-refractivity contribution in [1.82, 2.24) is 10.3 Å². The molecular weight excluding hydrogens is 328 g/mol. The Kier molecular flexibility index (Phi) is 4.11. The number of nitrogens with zero attached hydrogens (tertiary/aromatic N) is 2. The Bertz CT molecular complexity index is 849. The molecule has 1 unspecified atom stereocenters. The van der Waals surface area contributed by atoms with E-state index < -0.39 is 5.41 Å². The molecule has 2 aliphatic heterocycles. The van der Waals surface area contributed by atoms with Gasteiger partial charge in [-0.05, 0) is 36.6 Å². The van der Waals surface area contributed by atoms with Gasteiger partial charge >= 0.3 is 0 Å². The highest BCUT2D eigenvalue weighted by atomic mass is 16.2. The van der Waals surface area contributed by atoms with Gasteiger partial charge in [-0.2, -0.15) is 0 Å². The fourth-order valence-corrected chi connectivity index (χ4v) is 3.83. The summed E-state index contributed by atoms with van der Waals surface area (Å²) in [5.74, 6) is 0.760. The molecule has 1 aromatic heterocycles. The Morgan fingerprint density at radius 2 is 2.15 bits per heavy atom. The zero-order valence-corrected chi connectivity index (χ0v) is 14.8. The van der Waals surface area contributed by atoms with E-state index in [-0.39, 0.29) is 11.8 Å². The predicted molar refractivity (Wildman–Crippen MR) is 100 cm³/mol. The number of benzene rings is 1. The van der Waals surface area contributed by atoms with Gasteiger partial charge in [0.1, 0.15) is 5.82 Å². The van der Waals surface area contributed by atoms with Gasteiger partial charge < -0.3 is 15.5 Å². The Balaban J connectivity index is 1.53. The maximum Gasteiger partial charge on any atom is 0.252 e. The third-order valence-electron chi connectivity index (χ3n) is 5.26. The number of aromatic nitrogens is 1. The molecule has 0 radical (unpaired) electrons. The third-order valence-corrected chi connectivity index (χ3v) is 5.26. The molecule has 2 aliphatic rings. The minimum Gasteiger partial charge on any atom is -0.355 e. The number of para-hydroxylation sites is 1. The smallest absolute Gasteiger partial charge is 0.252 e. The molecule has 4 rings (SSSR count). The van der Waals surface area contributed by atoms with Gasteiger partial charge in [0.15, 0.2) is 0 Å². The standard InChI is InChI=1S/C20H22N4O2/c1-2-10-21-18(25)14-7-8-17(22-12-14)24-11-9-20(13-24)15-5-3-4-6-16(15)23-19(20)26/h3-8,12H,2,9-11,13H2,1H3,(H,21,25)(H,23,26). The predicted octanol–water partition coefficient (Wildman–Crippen LogP) is 2.32. The number of carbonyl (C=O) groups excluding carboxylic acids is 2. The quantitative estimate of drug-likeness (QED) is 0.887. The molecular formula is C20H22N4O2. The Labute approximate surface area is 152 Å². The lowest BCUT2D eigenvalue weighted by molar-refractivity contribution is -0.120. The van der Waals surface area contributed by atoms with Gasteiger partial charge in [0.05, 0.1) is 11.0 Å². The van der Waals surface area contributed by atoms with Crippen LogP contribution in [-0.4, -0.2) is 36.4 Å². The molecule has 0 bridgehead atoms. The number of anilines is 2. The van der Waals surface area contributed by atoms with Gasteiger partial charge in [-0.1, -0.05) is 25.1 Å². The topological polar surface area (TPSA) is 74.3 Å². The summed E-state index contributed by atoms with van der Waals surface area (Å²) < 4.78 is 0. The lowest BCUT2D eigenvalue weighted by Crippen LogP contribution is -2.37. The van der Waals surface area contributed by atoms with Crippen LogP contribution in [0.15, 0.2) is 42.6 Å². The summed E-state index contributed by atoms with van der Waals surface area (Å²) in [6.07, 6.45) is 3.26. The van der Waals surface area contributed by atoms with E-state index in [2.05, 4.69) is 20.5 Å². The van der Waals surface area contributed by atoms with Crippen LogP contribution in [0.1, 0.15) is 35.7 Å².